The molecule has 0 saturated carbocycles. The van der Waals surface area contributed by atoms with E-state index in [2.05, 4.69) is 240 Å². The number of hydrogen-bond donors (Lipinski definition) is 0. The Balaban J connectivity index is 1.07. The third-order valence-corrected chi connectivity index (χ3v) is 14.2. The molecule has 2 heteroatoms. The summed E-state index contributed by atoms with van der Waals surface area (Å²) in [5.41, 5.74) is 17.0. The molecule has 0 fully saturated rings. The molecule has 0 unspecified atom stereocenters. The molecule has 12 aromatic rings. The highest BCUT2D eigenvalue weighted by molar-refractivity contribution is 6.26. The number of hydrogen-bond acceptors (Lipinski definition) is 1. The molecular weight excluding hydrogens is 761 g/mol. The SMILES string of the molecule is c1ccc(-n2c3ccccc3c3cc(N(c4ccc5c(c4)C4(c6ccccc6-c6ccccc64)c4ccccc4-5)c4ccc5c6ccccc6c6ccccc6c5c4)ccc32)cc1. The van der Waals surface area contributed by atoms with E-state index in [1.165, 1.54) is 98.6 Å². The highest BCUT2D eigenvalue weighted by Gasteiger charge is 2.51. The van der Waals surface area contributed by atoms with Crippen LogP contribution in [0.25, 0.3) is 82.1 Å². The largest absolute Gasteiger partial charge is 0.310 e. The molecule has 1 spiro atoms. The van der Waals surface area contributed by atoms with Gasteiger partial charge in [0.1, 0.15) is 0 Å². The normalized spacial score (nSPS) is 13.2. The summed E-state index contributed by atoms with van der Waals surface area (Å²) < 4.78 is 2.40. The van der Waals surface area contributed by atoms with Gasteiger partial charge in [-0.3, -0.25) is 0 Å². The van der Waals surface area contributed by atoms with E-state index in [9.17, 15) is 0 Å². The van der Waals surface area contributed by atoms with Crippen molar-refractivity contribution in [1.29, 1.82) is 0 Å². The summed E-state index contributed by atoms with van der Waals surface area (Å²) in [5.74, 6) is 0. The van der Waals surface area contributed by atoms with Crippen molar-refractivity contribution >= 4 is 71.2 Å². The van der Waals surface area contributed by atoms with Crippen molar-refractivity contribution < 1.29 is 0 Å². The summed E-state index contributed by atoms with van der Waals surface area (Å²) in [7, 11) is 0. The van der Waals surface area contributed by atoms with Gasteiger partial charge in [-0.2, -0.15) is 0 Å². The Bertz CT molecular complexity index is 3770. The monoisotopic (exact) mass is 798 g/mol. The van der Waals surface area contributed by atoms with Gasteiger partial charge in [-0.05, 0) is 137 Å². The average molecular weight is 799 g/mol. The van der Waals surface area contributed by atoms with Crippen molar-refractivity contribution in [2.75, 3.05) is 4.90 Å². The molecule has 2 nitrogen and oxygen atoms in total. The zero-order chi connectivity index (χ0) is 41.2. The average Bonchev–Trinajstić information content (AvgIpc) is 3.96. The maximum absolute atomic E-state index is 2.51. The summed E-state index contributed by atoms with van der Waals surface area (Å²) in [6, 6.07) is 85.9. The maximum Gasteiger partial charge on any atom is 0.0726 e. The second kappa shape index (κ2) is 12.9. The molecule has 0 saturated heterocycles. The van der Waals surface area contributed by atoms with Crippen LogP contribution in [-0.4, -0.2) is 4.57 Å². The van der Waals surface area contributed by atoms with E-state index in [1.54, 1.807) is 0 Å². The van der Waals surface area contributed by atoms with E-state index in [1.807, 2.05) is 0 Å². The van der Waals surface area contributed by atoms with Crippen LogP contribution in [0.3, 0.4) is 0 Å². The van der Waals surface area contributed by atoms with Crippen molar-refractivity contribution in [3.63, 3.8) is 0 Å². The molecule has 0 amide bonds. The lowest BCUT2D eigenvalue weighted by Crippen LogP contribution is -2.26. The molecule has 0 aliphatic heterocycles. The quantitative estimate of drug-likeness (QED) is 0.161. The predicted molar refractivity (Wildman–Crippen MR) is 264 cm³/mol. The zero-order valence-corrected chi connectivity index (χ0v) is 34.3. The van der Waals surface area contributed by atoms with Crippen LogP contribution < -0.4 is 4.90 Å². The number of aromatic nitrogens is 1. The first kappa shape index (κ1) is 34.5. The van der Waals surface area contributed by atoms with Crippen molar-refractivity contribution in [3.05, 3.63) is 253 Å². The van der Waals surface area contributed by atoms with Gasteiger partial charge in [0.2, 0.25) is 0 Å². The highest BCUT2D eigenvalue weighted by atomic mass is 15.1. The van der Waals surface area contributed by atoms with Crippen LogP contribution in [0.5, 0.6) is 0 Å². The second-order valence-electron chi connectivity index (χ2n) is 17.2. The lowest BCUT2D eigenvalue weighted by molar-refractivity contribution is 0.793. The smallest absolute Gasteiger partial charge is 0.0726 e. The lowest BCUT2D eigenvalue weighted by atomic mass is 9.70. The minimum atomic E-state index is -0.452. The maximum atomic E-state index is 2.51. The Labute approximate surface area is 365 Å². The Morgan fingerprint density at radius 2 is 0.683 bits per heavy atom. The number of rotatable bonds is 4. The Morgan fingerprint density at radius 3 is 1.30 bits per heavy atom. The zero-order valence-electron chi connectivity index (χ0n) is 34.3. The minimum absolute atomic E-state index is 0.452. The molecule has 2 aliphatic carbocycles. The summed E-state index contributed by atoms with van der Waals surface area (Å²) >= 11 is 0. The number of fused-ring (bicyclic) bond motifs is 19. The first-order valence-corrected chi connectivity index (χ1v) is 21.9. The van der Waals surface area contributed by atoms with E-state index in [0.29, 0.717) is 0 Å². The summed E-state index contributed by atoms with van der Waals surface area (Å²) in [4.78, 5) is 2.50. The van der Waals surface area contributed by atoms with Gasteiger partial charge in [-0.1, -0.05) is 170 Å². The van der Waals surface area contributed by atoms with Gasteiger partial charge in [-0.25, -0.2) is 0 Å². The van der Waals surface area contributed by atoms with E-state index in [-0.39, 0.29) is 0 Å². The predicted octanol–water partition coefficient (Wildman–Crippen LogP) is 16.1. The van der Waals surface area contributed by atoms with E-state index < -0.39 is 5.41 Å². The Hall–Kier alpha value is -8.20. The number of benzene rings is 11. The fourth-order valence-electron chi connectivity index (χ4n) is 11.7. The fraction of sp³-hybridized carbons (Fsp3) is 0.0164. The van der Waals surface area contributed by atoms with Crippen molar-refractivity contribution in [2.45, 2.75) is 5.41 Å². The molecule has 63 heavy (non-hydrogen) atoms. The van der Waals surface area contributed by atoms with Gasteiger partial charge in [-0.15, -0.1) is 0 Å². The van der Waals surface area contributed by atoms with Gasteiger partial charge in [0, 0.05) is 33.5 Å². The Morgan fingerprint density at radius 1 is 0.270 bits per heavy atom. The minimum Gasteiger partial charge on any atom is -0.310 e. The van der Waals surface area contributed by atoms with Gasteiger partial charge in [0.05, 0.1) is 16.4 Å². The van der Waals surface area contributed by atoms with E-state index in [0.717, 1.165) is 22.7 Å². The van der Waals surface area contributed by atoms with Crippen molar-refractivity contribution in [2.24, 2.45) is 0 Å². The Kier molecular flexibility index (Phi) is 7.07. The standard InChI is InChI=1S/C61H38N2/c1-2-16-39(17-3-1)63-59-29-15-11-25-52(59)54-37-41(32-35-60(54)63)62(40-30-33-47-45-20-5-4-18-43(45)44-19-6-7-21-46(44)53(47)36-40)42-31-34-51-50-24-10-14-28-57(50)61(58(51)38-42)55-26-12-8-22-48(55)49-23-9-13-27-56(49)61/h1-38H. The number of nitrogens with zero attached hydrogens (tertiary/aromatic N) is 2. The summed E-state index contributed by atoms with van der Waals surface area (Å²) in [5, 5.41) is 10.1. The lowest BCUT2D eigenvalue weighted by Gasteiger charge is -2.32. The second-order valence-corrected chi connectivity index (χ2v) is 17.2. The first-order chi connectivity index (χ1) is 31.3. The summed E-state index contributed by atoms with van der Waals surface area (Å²) in [6.45, 7) is 0. The van der Waals surface area contributed by atoms with Crippen LogP contribution in [0.15, 0.2) is 231 Å². The third kappa shape index (κ3) is 4.62. The van der Waals surface area contributed by atoms with E-state index >= 15 is 0 Å². The summed E-state index contributed by atoms with van der Waals surface area (Å²) in [6.07, 6.45) is 0. The van der Waals surface area contributed by atoms with Gasteiger partial charge < -0.3 is 9.47 Å². The van der Waals surface area contributed by atoms with Crippen LogP contribution in [0.4, 0.5) is 17.1 Å². The van der Waals surface area contributed by atoms with E-state index in [4.69, 9.17) is 0 Å². The topological polar surface area (TPSA) is 8.17 Å². The van der Waals surface area contributed by atoms with Gasteiger partial charge in [0.15, 0.2) is 0 Å². The van der Waals surface area contributed by atoms with Gasteiger partial charge >= 0.3 is 0 Å². The molecule has 0 N–H and O–H groups in total. The van der Waals surface area contributed by atoms with Crippen LogP contribution in [0.1, 0.15) is 22.3 Å². The molecule has 14 rings (SSSR count). The van der Waals surface area contributed by atoms with Crippen molar-refractivity contribution in [3.8, 4) is 27.9 Å². The first-order valence-electron chi connectivity index (χ1n) is 21.9. The van der Waals surface area contributed by atoms with Gasteiger partial charge in [0.25, 0.3) is 0 Å². The third-order valence-electron chi connectivity index (χ3n) is 14.2. The molecule has 292 valence electrons. The molecule has 0 bridgehead atoms. The molecule has 2 aliphatic rings. The molecule has 11 aromatic carbocycles. The molecular formula is C61H38N2. The molecule has 0 radical (unpaired) electrons. The van der Waals surface area contributed by atoms with Crippen LogP contribution in [0.2, 0.25) is 0 Å². The van der Waals surface area contributed by atoms with Crippen molar-refractivity contribution in [1.82, 2.24) is 4.57 Å². The van der Waals surface area contributed by atoms with Crippen LogP contribution >= 0.6 is 0 Å². The molecule has 1 heterocycles. The fourth-order valence-corrected chi connectivity index (χ4v) is 11.7. The van der Waals surface area contributed by atoms with Crippen LogP contribution in [-0.2, 0) is 5.41 Å². The molecule has 0 atom stereocenters. The highest BCUT2D eigenvalue weighted by Crippen LogP contribution is 2.63. The van der Waals surface area contributed by atoms with Crippen LogP contribution in [0, 0.1) is 0 Å². The number of anilines is 3. The number of para-hydroxylation sites is 2. The molecule has 1 aromatic heterocycles.